The molecular formula is C33H34N8O3. The molecule has 0 atom stereocenters. The summed E-state index contributed by atoms with van der Waals surface area (Å²) in [5, 5.41) is 7.00. The Morgan fingerprint density at radius 3 is 2.68 bits per heavy atom. The van der Waals surface area contributed by atoms with Crippen LogP contribution in [0.5, 0.6) is 17.2 Å². The molecule has 44 heavy (non-hydrogen) atoms. The van der Waals surface area contributed by atoms with Gasteiger partial charge in [-0.15, -0.1) is 0 Å². The van der Waals surface area contributed by atoms with Crippen molar-refractivity contribution in [1.29, 1.82) is 0 Å². The SMILES string of the molecule is CC#CC(=O)Nc1cc2c(Nc3ccc(Oc4ccn5ccnc5c4)c(C)c3)ncnc2cc1OCCN1CCN(C)CC1. The first-order valence-corrected chi connectivity index (χ1v) is 14.5. The van der Waals surface area contributed by atoms with Gasteiger partial charge in [0.15, 0.2) is 0 Å². The second-order valence-corrected chi connectivity index (χ2v) is 10.7. The molecule has 2 aromatic carbocycles. The number of aryl methyl sites for hydroxylation is 1. The number of nitrogens with one attached hydrogen (secondary N) is 2. The number of hydrogen-bond acceptors (Lipinski definition) is 9. The van der Waals surface area contributed by atoms with Crippen molar-refractivity contribution in [2.24, 2.45) is 0 Å². The van der Waals surface area contributed by atoms with Crippen molar-refractivity contribution in [3.05, 3.63) is 72.9 Å². The number of rotatable bonds is 9. The largest absolute Gasteiger partial charge is 0.490 e. The van der Waals surface area contributed by atoms with Crippen molar-refractivity contribution in [3.8, 4) is 29.1 Å². The van der Waals surface area contributed by atoms with E-state index in [2.05, 4.69) is 54.3 Å². The van der Waals surface area contributed by atoms with E-state index in [1.807, 2.05) is 66.2 Å². The fourth-order valence-corrected chi connectivity index (χ4v) is 5.08. The molecule has 0 saturated carbocycles. The van der Waals surface area contributed by atoms with Gasteiger partial charge in [-0.3, -0.25) is 9.69 Å². The van der Waals surface area contributed by atoms with Crippen molar-refractivity contribution < 1.29 is 14.3 Å². The molecule has 1 aliphatic heterocycles. The van der Waals surface area contributed by atoms with E-state index in [4.69, 9.17) is 9.47 Å². The van der Waals surface area contributed by atoms with Crippen LogP contribution in [-0.2, 0) is 4.79 Å². The first kappa shape index (κ1) is 28.9. The minimum atomic E-state index is -0.416. The van der Waals surface area contributed by atoms with E-state index in [9.17, 15) is 4.79 Å². The number of hydrogen-bond donors (Lipinski definition) is 2. The maximum atomic E-state index is 12.5. The Bertz CT molecular complexity index is 1870. The molecule has 5 aromatic rings. The fourth-order valence-electron chi connectivity index (χ4n) is 5.08. The second kappa shape index (κ2) is 13.0. The summed E-state index contributed by atoms with van der Waals surface area (Å²) in [6.45, 7) is 8.97. The highest BCUT2D eigenvalue weighted by Crippen LogP contribution is 2.34. The van der Waals surface area contributed by atoms with Crippen molar-refractivity contribution in [1.82, 2.24) is 29.2 Å². The standard InChI is InChI=1S/C33H34N8O3/c1-4-5-32(42)38-28-20-26-27(21-30(28)43-17-16-40-14-12-39(3)13-15-40)35-22-36-33(26)37-24-6-7-29(23(2)18-24)44-25-8-10-41-11-9-34-31(41)19-25/h6-11,18-22H,12-17H2,1-3H3,(H,38,42)(H,35,36,37). The van der Waals surface area contributed by atoms with Crippen LogP contribution in [0, 0.1) is 18.8 Å². The van der Waals surface area contributed by atoms with Crippen molar-refractivity contribution >= 4 is 39.6 Å². The number of nitrogens with zero attached hydrogens (tertiary/aromatic N) is 6. The van der Waals surface area contributed by atoms with Gasteiger partial charge in [-0.2, -0.15) is 0 Å². The van der Waals surface area contributed by atoms with Crippen LogP contribution in [0.2, 0.25) is 0 Å². The summed E-state index contributed by atoms with van der Waals surface area (Å²) in [4.78, 5) is 30.5. The lowest BCUT2D eigenvalue weighted by Crippen LogP contribution is -2.45. The molecule has 6 rings (SSSR count). The topological polar surface area (TPSA) is 109 Å². The number of ether oxygens (including phenoxy) is 2. The second-order valence-electron chi connectivity index (χ2n) is 10.7. The highest BCUT2D eigenvalue weighted by atomic mass is 16.5. The average Bonchev–Trinajstić information content (AvgIpc) is 3.48. The molecule has 0 unspecified atom stereocenters. The first-order valence-electron chi connectivity index (χ1n) is 14.5. The zero-order valence-electron chi connectivity index (χ0n) is 25.0. The molecule has 0 spiro atoms. The van der Waals surface area contributed by atoms with Gasteiger partial charge in [0.25, 0.3) is 5.91 Å². The number of pyridine rings is 1. The first-order chi connectivity index (χ1) is 21.4. The Morgan fingerprint density at radius 2 is 1.86 bits per heavy atom. The number of piperazine rings is 1. The van der Waals surface area contributed by atoms with Crippen LogP contribution in [0.4, 0.5) is 17.2 Å². The molecule has 1 saturated heterocycles. The number of imidazole rings is 1. The van der Waals surface area contributed by atoms with E-state index in [0.717, 1.165) is 60.8 Å². The predicted molar refractivity (Wildman–Crippen MR) is 171 cm³/mol. The summed E-state index contributed by atoms with van der Waals surface area (Å²) in [6, 6.07) is 13.3. The maximum absolute atomic E-state index is 12.5. The number of carbonyl (C=O) groups excluding carboxylic acids is 1. The van der Waals surface area contributed by atoms with Crippen molar-refractivity contribution in [2.75, 3.05) is 57.0 Å². The molecule has 2 N–H and O–H groups in total. The molecule has 4 heterocycles. The minimum absolute atomic E-state index is 0.416. The van der Waals surface area contributed by atoms with Crippen molar-refractivity contribution in [3.63, 3.8) is 0 Å². The van der Waals surface area contributed by atoms with Gasteiger partial charge in [0.1, 0.15) is 41.6 Å². The van der Waals surface area contributed by atoms with Gasteiger partial charge in [-0.05, 0) is 62.7 Å². The molecule has 1 amide bonds. The zero-order valence-corrected chi connectivity index (χ0v) is 25.0. The molecule has 0 aliphatic carbocycles. The molecular weight excluding hydrogens is 556 g/mol. The minimum Gasteiger partial charge on any atom is -0.490 e. The van der Waals surface area contributed by atoms with Crippen LogP contribution in [0.25, 0.3) is 16.6 Å². The lowest BCUT2D eigenvalue weighted by atomic mass is 10.1. The Balaban J connectivity index is 1.22. The maximum Gasteiger partial charge on any atom is 0.300 e. The van der Waals surface area contributed by atoms with E-state index in [0.29, 0.717) is 35.1 Å². The van der Waals surface area contributed by atoms with Gasteiger partial charge in [-0.25, -0.2) is 15.0 Å². The number of fused-ring (bicyclic) bond motifs is 2. The van der Waals surface area contributed by atoms with E-state index in [1.165, 1.54) is 6.33 Å². The Kier molecular flexibility index (Phi) is 8.54. The quantitative estimate of drug-likeness (QED) is 0.236. The van der Waals surface area contributed by atoms with Gasteiger partial charge >= 0.3 is 0 Å². The normalized spacial score (nSPS) is 13.8. The summed E-state index contributed by atoms with van der Waals surface area (Å²) >= 11 is 0. The highest BCUT2D eigenvalue weighted by molar-refractivity contribution is 6.06. The van der Waals surface area contributed by atoms with E-state index in [1.54, 1.807) is 13.1 Å². The smallest absolute Gasteiger partial charge is 0.300 e. The van der Waals surface area contributed by atoms with Crippen LogP contribution >= 0.6 is 0 Å². The molecule has 11 nitrogen and oxygen atoms in total. The molecule has 0 radical (unpaired) electrons. The number of anilines is 3. The molecule has 3 aromatic heterocycles. The molecule has 11 heteroatoms. The highest BCUT2D eigenvalue weighted by Gasteiger charge is 2.16. The third-order valence-electron chi connectivity index (χ3n) is 7.52. The Labute approximate surface area is 255 Å². The predicted octanol–water partition coefficient (Wildman–Crippen LogP) is 4.71. The lowest BCUT2D eigenvalue weighted by Gasteiger charge is -2.32. The Hall–Kier alpha value is -5.18. The van der Waals surface area contributed by atoms with Gasteiger partial charge in [0.2, 0.25) is 0 Å². The summed E-state index contributed by atoms with van der Waals surface area (Å²) in [5.74, 6) is 7.34. The van der Waals surface area contributed by atoms with Gasteiger partial charge in [-0.1, -0.05) is 5.92 Å². The van der Waals surface area contributed by atoms with Crippen molar-refractivity contribution in [2.45, 2.75) is 13.8 Å². The molecule has 1 aliphatic rings. The van der Waals surface area contributed by atoms with Crippen LogP contribution < -0.4 is 20.1 Å². The van der Waals surface area contributed by atoms with Crippen LogP contribution in [0.1, 0.15) is 12.5 Å². The summed E-state index contributed by atoms with van der Waals surface area (Å²) in [6.07, 6.45) is 7.07. The fraction of sp³-hybridized carbons (Fsp3) is 0.273. The third-order valence-corrected chi connectivity index (χ3v) is 7.52. The van der Waals surface area contributed by atoms with Crippen LogP contribution in [0.15, 0.2) is 67.4 Å². The summed E-state index contributed by atoms with van der Waals surface area (Å²) in [7, 11) is 2.14. The molecule has 0 bridgehead atoms. The van der Waals surface area contributed by atoms with Crippen LogP contribution in [0.3, 0.4) is 0 Å². The van der Waals surface area contributed by atoms with Gasteiger partial charge in [0, 0.05) is 74.5 Å². The number of carbonyl (C=O) groups is 1. The lowest BCUT2D eigenvalue weighted by molar-refractivity contribution is -0.111. The Morgan fingerprint density at radius 1 is 1.00 bits per heavy atom. The monoisotopic (exact) mass is 590 g/mol. The molecule has 1 fully saturated rings. The van der Waals surface area contributed by atoms with E-state index in [-0.39, 0.29) is 0 Å². The van der Waals surface area contributed by atoms with Crippen LogP contribution in [-0.4, -0.2) is 81.4 Å². The van der Waals surface area contributed by atoms with Gasteiger partial charge < -0.3 is 29.4 Å². The number of aromatic nitrogens is 4. The van der Waals surface area contributed by atoms with Gasteiger partial charge in [0.05, 0.1) is 11.2 Å². The van der Waals surface area contributed by atoms with E-state index >= 15 is 0 Å². The average molecular weight is 591 g/mol. The third kappa shape index (κ3) is 6.72. The number of benzene rings is 2. The van der Waals surface area contributed by atoms with E-state index < -0.39 is 5.91 Å². The number of likely N-dealkylation sites (N-methyl/N-ethyl adjacent to an activating group) is 1. The zero-order chi connectivity index (χ0) is 30.5. The summed E-state index contributed by atoms with van der Waals surface area (Å²) < 4.78 is 14.3. The summed E-state index contributed by atoms with van der Waals surface area (Å²) in [5.41, 5.74) is 3.78. The number of amides is 1. The molecule has 224 valence electrons.